The minimum absolute atomic E-state index is 0.0134. The molecule has 4 aromatic rings. The summed E-state index contributed by atoms with van der Waals surface area (Å²) in [4.78, 5) is 53.3. The van der Waals surface area contributed by atoms with Gasteiger partial charge in [0.1, 0.15) is 22.0 Å². The number of sulfone groups is 1. The molecule has 53 heavy (non-hydrogen) atoms. The van der Waals surface area contributed by atoms with Gasteiger partial charge in [0, 0.05) is 24.4 Å². The van der Waals surface area contributed by atoms with Crippen molar-refractivity contribution in [3.05, 3.63) is 63.9 Å². The fourth-order valence-electron chi connectivity index (χ4n) is 7.07. The molecule has 280 valence electrons. The molecule has 2 aliphatic heterocycles. The Hall–Kier alpha value is -4.76. The van der Waals surface area contributed by atoms with Crippen LogP contribution in [0.4, 0.5) is 32.7 Å². The Morgan fingerprint density at radius 2 is 1.58 bits per heavy atom. The molecule has 2 atom stereocenters. The number of carbonyl (C=O) groups is 3. The highest BCUT2D eigenvalue weighted by molar-refractivity contribution is 7.91. The molecule has 2 fully saturated rings. The van der Waals surface area contributed by atoms with E-state index in [1.165, 1.54) is 4.68 Å². The van der Waals surface area contributed by atoms with Crippen LogP contribution < -0.4 is 15.1 Å². The summed E-state index contributed by atoms with van der Waals surface area (Å²) in [5.41, 5.74) is 0.804. The van der Waals surface area contributed by atoms with Gasteiger partial charge in [-0.15, -0.1) is 5.10 Å². The lowest BCUT2D eigenvalue weighted by molar-refractivity contribution is -0.120. The first-order valence-electron chi connectivity index (χ1n) is 17.4. The Labute approximate surface area is 312 Å². The lowest BCUT2D eigenvalue weighted by Gasteiger charge is -2.28. The third-order valence-corrected chi connectivity index (χ3v) is 11.5. The van der Waals surface area contributed by atoms with E-state index in [2.05, 4.69) is 20.4 Å². The van der Waals surface area contributed by atoms with E-state index in [0.29, 0.717) is 34.7 Å². The molecule has 7 rings (SSSR count). The Kier molecular flexibility index (Phi) is 8.56. The van der Waals surface area contributed by atoms with Gasteiger partial charge in [-0.3, -0.25) is 4.79 Å². The zero-order valence-corrected chi connectivity index (χ0v) is 32.5. The number of aromatic nitrogens is 4. The lowest BCUT2D eigenvalue weighted by Crippen LogP contribution is -2.41. The zero-order valence-electron chi connectivity index (χ0n) is 30.9. The first kappa shape index (κ1) is 36.6. The number of benzene rings is 2. The van der Waals surface area contributed by atoms with Gasteiger partial charge < -0.3 is 19.7 Å². The van der Waals surface area contributed by atoms with Gasteiger partial charge in [-0.25, -0.2) is 32.9 Å². The summed E-state index contributed by atoms with van der Waals surface area (Å²) >= 11 is 6.85. The second-order valence-corrected chi connectivity index (χ2v) is 18.6. The molecule has 2 aromatic heterocycles. The van der Waals surface area contributed by atoms with Crippen LogP contribution in [0.25, 0.3) is 10.9 Å². The highest BCUT2D eigenvalue weighted by atomic mass is 35.5. The highest BCUT2D eigenvalue weighted by Gasteiger charge is 2.68. The average molecular weight is 764 g/mol. The van der Waals surface area contributed by atoms with Crippen LogP contribution in [0.5, 0.6) is 0 Å². The van der Waals surface area contributed by atoms with Crippen molar-refractivity contribution in [2.75, 3.05) is 39.7 Å². The van der Waals surface area contributed by atoms with Crippen LogP contribution in [0.15, 0.2) is 36.4 Å². The van der Waals surface area contributed by atoms with Crippen molar-refractivity contribution in [1.82, 2.24) is 19.7 Å². The number of hydrogen-bond donors (Lipinski definition) is 1. The van der Waals surface area contributed by atoms with E-state index < -0.39 is 38.6 Å². The van der Waals surface area contributed by atoms with E-state index in [0.717, 1.165) is 21.6 Å². The molecule has 2 aromatic carbocycles. The van der Waals surface area contributed by atoms with E-state index >= 15 is 0 Å². The second-order valence-electron chi connectivity index (χ2n) is 15.9. The average Bonchev–Trinajstić information content (AvgIpc) is 3.63. The van der Waals surface area contributed by atoms with E-state index in [-0.39, 0.29) is 53.1 Å². The molecule has 0 radical (unpaired) electrons. The van der Waals surface area contributed by atoms with Gasteiger partial charge >= 0.3 is 12.2 Å². The van der Waals surface area contributed by atoms with E-state index in [1.807, 2.05) is 42.2 Å². The van der Waals surface area contributed by atoms with E-state index in [1.54, 1.807) is 54.5 Å². The number of fused-ring (bicyclic) bond motifs is 3. The SMILES string of the molecule is Cc1ccc2c(c1)[C@]1(C[C@H]1c1ccc3c(Nc4nc(C)nc(N5CCS(=O)(=O)CC5)c4Cl)nn(C(=O)OC(C)(C)C)c3c1)C(=O)N2C(=O)OC(C)(C)C. The number of nitrogens with zero attached hydrogens (tertiary/aromatic N) is 6. The fraction of sp³-hybridized carbons (Fsp3) is 0.459. The van der Waals surface area contributed by atoms with Gasteiger partial charge in [0.05, 0.1) is 28.1 Å². The van der Waals surface area contributed by atoms with Gasteiger partial charge in [-0.1, -0.05) is 35.4 Å². The third-order valence-electron chi connectivity index (χ3n) is 9.50. The Morgan fingerprint density at radius 3 is 2.25 bits per heavy atom. The molecule has 1 N–H and O–H groups in total. The quantitative estimate of drug-likeness (QED) is 0.238. The predicted molar refractivity (Wildman–Crippen MR) is 201 cm³/mol. The maximum Gasteiger partial charge on any atom is 0.435 e. The van der Waals surface area contributed by atoms with Crippen molar-refractivity contribution in [3.63, 3.8) is 0 Å². The number of carbonyl (C=O) groups excluding carboxylic acids is 3. The first-order chi connectivity index (χ1) is 24.7. The minimum atomic E-state index is -3.14. The lowest BCUT2D eigenvalue weighted by atomic mass is 9.91. The predicted octanol–water partition coefficient (Wildman–Crippen LogP) is 6.57. The van der Waals surface area contributed by atoms with E-state index in [4.69, 9.17) is 21.1 Å². The van der Waals surface area contributed by atoms with Gasteiger partial charge in [0.25, 0.3) is 0 Å². The minimum Gasteiger partial charge on any atom is -0.443 e. The van der Waals surface area contributed by atoms with Crippen LogP contribution >= 0.6 is 11.6 Å². The number of imide groups is 1. The number of hydrogen-bond acceptors (Lipinski definition) is 12. The number of ether oxygens (including phenoxy) is 2. The molecular formula is C37H42ClN7O7S. The molecule has 1 aliphatic carbocycles. The largest absolute Gasteiger partial charge is 0.443 e. The Bertz CT molecular complexity index is 2320. The number of amides is 2. The molecule has 0 unspecified atom stereocenters. The van der Waals surface area contributed by atoms with Gasteiger partial charge in [-0.05, 0) is 91.1 Å². The van der Waals surface area contributed by atoms with Crippen LogP contribution in [0.3, 0.4) is 0 Å². The Balaban J connectivity index is 1.28. The first-order valence-corrected chi connectivity index (χ1v) is 19.6. The summed E-state index contributed by atoms with van der Waals surface area (Å²) in [6.45, 7) is 14.7. The maximum atomic E-state index is 14.3. The Morgan fingerprint density at radius 1 is 0.925 bits per heavy atom. The monoisotopic (exact) mass is 763 g/mol. The van der Waals surface area contributed by atoms with Crippen molar-refractivity contribution in [1.29, 1.82) is 0 Å². The maximum absolute atomic E-state index is 14.3. The smallest absolute Gasteiger partial charge is 0.435 e. The summed E-state index contributed by atoms with van der Waals surface area (Å²) < 4.78 is 36.7. The molecule has 4 heterocycles. The highest BCUT2D eigenvalue weighted by Crippen LogP contribution is 2.66. The van der Waals surface area contributed by atoms with Crippen molar-refractivity contribution in [2.45, 2.75) is 84.3 Å². The number of rotatable bonds is 4. The van der Waals surface area contributed by atoms with Gasteiger partial charge in [0.15, 0.2) is 27.3 Å². The topological polar surface area (TPSA) is 166 Å². The number of nitrogens with one attached hydrogen (secondary N) is 1. The van der Waals surface area contributed by atoms with Crippen LogP contribution in [0, 0.1) is 13.8 Å². The van der Waals surface area contributed by atoms with E-state index in [9.17, 15) is 22.8 Å². The van der Waals surface area contributed by atoms with Crippen LogP contribution in [-0.4, -0.2) is 82.1 Å². The second kappa shape index (κ2) is 12.4. The molecular weight excluding hydrogens is 722 g/mol. The van der Waals surface area contributed by atoms with Crippen molar-refractivity contribution < 1.29 is 32.3 Å². The fourth-order valence-corrected chi connectivity index (χ4v) is 8.53. The normalized spacial score (nSPS) is 20.8. The molecule has 1 saturated carbocycles. The molecule has 16 heteroatoms. The van der Waals surface area contributed by atoms with Crippen molar-refractivity contribution in [3.8, 4) is 0 Å². The van der Waals surface area contributed by atoms with Crippen LogP contribution in [-0.2, 0) is 29.5 Å². The molecule has 1 spiro atoms. The summed E-state index contributed by atoms with van der Waals surface area (Å²) in [6.07, 6.45) is -0.987. The van der Waals surface area contributed by atoms with Crippen LogP contribution in [0.1, 0.15) is 76.4 Å². The number of halogens is 1. The molecule has 0 bridgehead atoms. The van der Waals surface area contributed by atoms with Gasteiger partial charge in [-0.2, -0.15) is 4.68 Å². The van der Waals surface area contributed by atoms with Gasteiger partial charge in [0.2, 0.25) is 5.91 Å². The van der Waals surface area contributed by atoms with Crippen molar-refractivity contribution >= 4 is 73.6 Å². The molecule has 2 amide bonds. The summed E-state index contributed by atoms with van der Waals surface area (Å²) in [5, 5.41) is 8.54. The number of aryl methyl sites for hydroxylation is 2. The summed E-state index contributed by atoms with van der Waals surface area (Å²) in [7, 11) is -3.14. The molecule has 1 saturated heterocycles. The molecule has 3 aliphatic rings. The standard InChI is InChI=1S/C37H42ClN7O7S/c1-20-9-12-26-24(17-20)37(32(46)44(26)33(47)51-35(3,4)5)19-25(37)22-10-11-23-27(18-22)45(34(48)52-36(6,7)8)42-29(23)41-30-28(38)31(40-21(2)39-30)43-13-15-53(49,50)16-14-43/h9-12,17-18,25H,13-16,19H2,1-8H3,(H,39,40,41,42)/t25-,37-/m0/s1. The third kappa shape index (κ3) is 6.69. The molecule has 14 nitrogen and oxygen atoms in total. The zero-order chi connectivity index (χ0) is 38.4. The van der Waals surface area contributed by atoms with Crippen molar-refractivity contribution in [2.24, 2.45) is 0 Å². The summed E-state index contributed by atoms with van der Waals surface area (Å²) in [5.74, 6) is 0.608. The van der Waals surface area contributed by atoms with Crippen LogP contribution in [0.2, 0.25) is 5.02 Å². The number of anilines is 4. The summed E-state index contributed by atoms with van der Waals surface area (Å²) in [6, 6.07) is 11.1.